The fourth-order valence-corrected chi connectivity index (χ4v) is 4.55. The predicted molar refractivity (Wildman–Crippen MR) is 109 cm³/mol. The maximum Gasteiger partial charge on any atom is 0.252 e. The van der Waals surface area contributed by atoms with Gasteiger partial charge >= 0.3 is 0 Å². The number of benzene rings is 1. The van der Waals surface area contributed by atoms with Crippen LogP contribution in [-0.4, -0.2) is 19.7 Å². The summed E-state index contributed by atoms with van der Waals surface area (Å²) < 4.78 is 2.09. The van der Waals surface area contributed by atoms with Gasteiger partial charge in [-0.15, -0.1) is 0 Å². The molecule has 0 saturated carbocycles. The Kier molecular flexibility index (Phi) is 4.47. The molecule has 0 unspecified atom stereocenters. The molecule has 0 bridgehead atoms. The molecule has 0 amide bonds. The third kappa shape index (κ3) is 3.35. The molecule has 2 aromatic heterocycles. The summed E-state index contributed by atoms with van der Waals surface area (Å²) in [5, 5.41) is 7.99. The van der Waals surface area contributed by atoms with Crippen molar-refractivity contribution in [3.63, 3.8) is 0 Å². The van der Waals surface area contributed by atoms with Crippen molar-refractivity contribution in [1.82, 2.24) is 19.7 Å². The molecule has 144 valence electrons. The molecule has 0 fully saturated rings. The summed E-state index contributed by atoms with van der Waals surface area (Å²) in [6.45, 7) is 0.761. The fraction of sp³-hybridized carbons (Fsp3) is 0.409. The highest BCUT2D eigenvalue weighted by Gasteiger charge is 2.22. The highest BCUT2D eigenvalue weighted by molar-refractivity contribution is 5.40. The maximum absolute atomic E-state index is 12.2. The monoisotopic (exact) mass is 375 g/mol. The molecule has 5 rings (SSSR count). The van der Waals surface area contributed by atoms with Gasteiger partial charge in [-0.25, -0.2) is 4.98 Å². The second kappa shape index (κ2) is 7.26. The van der Waals surface area contributed by atoms with E-state index in [0.29, 0.717) is 12.4 Å². The van der Waals surface area contributed by atoms with Gasteiger partial charge in [0.25, 0.3) is 5.56 Å². The number of anilines is 1. The zero-order valence-electron chi connectivity index (χ0n) is 15.9. The van der Waals surface area contributed by atoms with Crippen LogP contribution in [0.4, 0.5) is 5.95 Å². The summed E-state index contributed by atoms with van der Waals surface area (Å²) in [5.41, 5.74) is 6.11. The standard InChI is InChI=1S/C22H25N5O/c28-21-13-17(11-12-27-20-8-4-2-6-16(20)14-23-27)24-22(26-21)25-19-10-9-15-5-1-3-7-18(15)19/h1,3,5,7,13-14,19H,2,4,6,8-12H2,(H2,24,25,26,28)/t19-/m1/s1. The molecule has 0 radical (unpaired) electrons. The molecule has 3 aromatic rings. The second-order valence-electron chi connectivity index (χ2n) is 7.82. The minimum absolute atomic E-state index is 0.110. The Morgan fingerprint density at radius 1 is 1.14 bits per heavy atom. The van der Waals surface area contributed by atoms with Gasteiger partial charge in [0.05, 0.1) is 17.9 Å². The van der Waals surface area contributed by atoms with E-state index in [1.807, 2.05) is 6.20 Å². The van der Waals surface area contributed by atoms with Crippen LogP contribution in [0.15, 0.2) is 41.3 Å². The molecule has 0 spiro atoms. The van der Waals surface area contributed by atoms with E-state index in [9.17, 15) is 4.79 Å². The maximum atomic E-state index is 12.2. The lowest BCUT2D eigenvalue weighted by Crippen LogP contribution is -2.18. The van der Waals surface area contributed by atoms with Crippen molar-refractivity contribution in [3.05, 3.63) is 75.0 Å². The van der Waals surface area contributed by atoms with E-state index in [-0.39, 0.29) is 11.6 Å². The summed E-state index contributed by atoms with van der Waals surface area (Å²) in [6, 6.07) is 10.3. The van der Waals surface area contributed by atoms with Crippen LogP contribution in [-0.2, 0) is 32.2 Å². The van der Waals surface area contributed by atoms with Crippen molar-refractivity contribution < 1.29 is 0 Å². The summed E-state index contributed by atoms with van der Waals surface area (Å²) in [5.74, 6) is 0.562. The molecular formula is C22H25N5O. The van der Waals surface area contributed by atoms with Gasteiger partial charge in [0, 0.05) is 24.7 Å². The number of nitrogens with one attached hydrogen (secondary N) is 2. The Bertz CT molecular complexity index is 1050. The van der Waals surface area contributed by atoms with Gasteiger partial charge < -0.3 is 5.32 Å². The Morgan fingerprint density at radius 2 is 2.04 bits per heavy atom. The number of hydrogen-bond acceptors (Lipinski definition) is 4. The van der Waals surface area contributed by atoms with E-state index in [2.05, 4.69) is 49.3 Å². The molecule has 2 aliphatic rings. The molecule has 0 saturated heterocycles. The first-order valence-electron chi connectivity index (χ1n) is 10.2. The Morgan fingerprint density at radius 3 is 3.00 bits per heavy atom. The van der Waals surface area contributed by atoms with Gasteiger partial charge in [0.1, 0.15) is 0 Å². The molecular weight excluding hydrogens is 350 g/mol. The first-order chi connectivity index (χ1) is 13.8. The van der Waals surface area contributed by atoms with Crippen LogP contribution in [0.5, 0.6) is 0 Å². The van der Waals surface area contributed by atoms with Crippen LogP contribution in [0.1, 0.15) is 53.4 Å². The largest absolute Gasteiger partial charge is 0.349 e. The Labute approximate surface area is 164 Å². The second-order valence-corrected chi connectivity index (χ2v) is 7.82. The summed E-state index contributed by atoms with van der Waals surface area (Å²) in [6.07, 6.45) is 9.52. The van der Waals surface area contributed by atoms with Crippen LogP contribution in [0, 0.1) is 0 Å². The topological polar surface area (TPSA) is 75.6 Å². The number of H-pyrrole nitrogens is 1. The zero-order valence-corrected chi connectivity index (χ0v) is 15.9. The normalized spacial score (nSPS) is 17.9. The number of nitrogens with zero attached hydrogens (tertiary/aromatic N) is 3. The summed E-state index contributed by atoms with van der Waals surface area (Å²) in [4.78, 5) is 19.7. The van der Waals surface area contributed by atoms with E-state index in [1.54, 1.807) is 6.07 Å². The lowest BCUT2D eigenvalue weighted by Gasteiger charge is -2.15. The molecule has 2 N–H and O–H groups in total. The lowest BCUT2D eigenvalue weighted by molar-refractivity contribution is 0.553. The van der Waals surface area contributed by atoms with E-state index in [0.717, 1.165) is 37.9 Å². The summed E-state index contributed by atoms with van der Waals surface area (Å²) >= 11 is 0. The Balaban J connectivity index is 1.31. The first kappa shape index (κ1) is 17.2. The van der Waals surface area contributed by atoms with Gasteiger partial charge in [-0.1, -0.05) is 24.3 Å². The van der Waals surface area contributed by atoms with E-state index in [4.69, 9.17) is 0 Å². The SMILES string of the molecule is O=c1cc(CCn2ncc3c2CCCC3)nc(N[C@@H]2CCc3ccccc32)[nH]1. The molecule has 1 aromatic carbocycles. The highest BCUT2D eigenvalue weighted by atomic mass is 16.1. The number of fused-ring (bicyclic) bond motifs is 2. The van der Waals surface area contributed by atoms with Gasteiger partial charge in [0.2, 0.25) is 5.95 Å². The number of aromatic nitrogens is 4. The first-order valence-corrected chi connectivity index (χ1v) is 10.2. The average Bonchev–Trinajstić information content (AvgIpc) is 3.31. The fourth-order valence-electron chi connectivity index (χ4n) is 4.55. The number of aromatic amines is 1. The summed E-state index contributed by atoms with van der Waals surface area (Å²) in [7, 11) is 0. The van der Waals surface area contributed by atoms with E-state index in [1.165, 1.54) is 35.2 Å². The third-order valence-electron chi connectivity index (χ3n) is 5.96. The van der Waals surface area contributed by atoms with E-state index >= 15 is 0 Å². The van der Waals surface area contributed by atoms with Crippen molar-refractivity contribution in [2.75, 3.05) is 5.32 Å². The van der Waals surface area contributed by atoms with Crippen LogP contribution >= 0.6 is 0 Å². The van der Waals surface area contributed by atoms with Gasteiger partial charge in [0.15, 0.2) is 0 Å². The number of aryl methyl sites for hydroxylation is 4. The van der Waals surface area contributed by atoms with Crippen molar-refractivity contribution in [1.29, 1.82) is 0 Å². The zero-order chi connectivity index (χ0) is 18.9. The van der Waals surface area contributed by atoms with E-state index < -0.39 is 0 Å². The molecule has 6 heteroatoms. The van der Waals surface area contributed by atoms with Crippen LogP contribution < -0.4 is 10.9 Å². The average molecular weight is 375 g/mol. The highest BCUT2D eigenvalue weighted by Crippen LogP contribution is 2.32. The number of rotatable bonds is 5. The minimum atomic E-state index is -0.110. The van der Waals surface area contributed by atoms with Gasteiger partial charge in [-0.2, -0.15) is 5.10 Å². The lowest BCUT2D eigenvalue weighted by atomic mass is 9.98. The van der Waals surface area contributed by atoms with Crippen molar-refractivity contribution >= 4 is 5.95 Å². The van der Waals surface area contributed by atoms with Crippen molar-refractivity contribution in [2.45, 2.75) is 57.5 Å². The molecule has 1 atom stereocenters. The molecule has 2 heterocycles. The smallest absolute Gasteiger partial charge is 0.252 e. The Hall–Kier alpha value is -2.89. The van der Waals surface area contributed by atoms with Crippen LogP contribution in [0.2, 0.25) is 0 Å². The van der Waals surface area contributed by atoms with Crippen molar-refractivity contribution in [2.24, 2.45) is 0 Å². The molecule has 6 nitrogen and oxygen atoms in total. The number of hydrogen-bond donors (Lipinski definition) is 2. The molecule has 2 aliphatic carbocycles. The van der Waals surface area contributed by atoms with Gasteiger partial charge in [-0.05, 0) is 55.2 Å². The molecule has 28 heavy (non-hydrogen) atoms. The van der Waals surface area contributed by atoms with Crippen LogP contribution in [0.3, 0.4) is 0 Å². The quantitative estimate of drug-likeness (QED) is 0.718. The third-order valence-corrected chi connectivity index (χ3v) is 5.96. The van der Waals surface area contributed by atoms with Crippen LogP contribution in [0.25, 0.3) is 0 Å². The molecule has 0 aliphatic heterocycles. The predicted octanol–water partition coefficient (Wildman–Crippen LogP) is 3.19. The minimum Gasteiger partial charge on any atom is -0.349 e. The van der Waals surface area contributed by atoms with Crippen molar-refractivity contribution in [3.8, 4) is 0 Å². The van der Waals surface area contributed by atoms with Gasteiger partial charge in [-0.3, -0.25) is 14.5 Å².